The molecule has 124 valence electrons. The molecule has 0 N–H and O–H groups in total. The normalized spacial score (nSPS) is 13.0. The largest absolute Gasteiger partial charge is 0.468 e. The maximum absolute atomic E-state index is 11.5. The van der Waals surface area contributed by atoms with Gasteiger partial charge in [-0.15, -0.1) is 10.2 Å². The van der Waals surface area contributed by atoms with Gasteiger partial charge in [-0.3, -0.25) is 4.79 Å². The van der Waals surface area contributed by atoms with E-state index < -0.39 is 0 Å². The van der Waals surface area contributed by atoms with E-state index in [1.54, 1.807) is 6.92 Å². The Labute approximate surface area is 141 Å². The molecule has 0 aliphatic rings. The summed E-state index contributed by atoms with van der Waals surface area (Å²) in [5.74, 6) is 0.513. The molecule has 0 bridgehead atoms. The van der Waals surface area contributed by atoms with Gasteiger partial charge in [0, 0.05) is 12.6 Å². The van der Waals surface area contributed by atoms with Gasteiger partial charge < -0.3 is 9.30 Å². The smallest absolute Gasteiger partial charge is 0.318 e. The summed E-state index contributed by atoms with van der Waals surface area (Å²) in [4.78, 5) is 11.5. The minimum absolute atomic E-state index is 0.120. The molecule has 2 rings (SSSR count). The van der Waals surface area contributed by atoms with Gasteiger partial charge in [0.05, 0.1) is 7.11 Å². The third kappa shape index (κ3) is 3.93. The number of ether oxygens (including phenoxy) is 1. The maximum Gasteiger partial charge on any atom is 0.318 e. The van der Waals surface area contributed by atoms with E-state index in [0.717, 1.165) is 11.4 Å². The van der Waals surface area contributed by atoms with Crippen molar-refractivity contribution < 1.29 is 9.53 Å². The number of carbonyl (C=O) groups excluding carboxylic acids is 1. The average Bonchev–Trinajstić information content (AvgIpc) is 2.86. The SMILES string of the molecule is COC(=O)[C@H](C)Sc1nnc(-c2ccc(C(C)(C)C)cc2)n1C. The fraction of sp³-hybridized carbons (Fsp3) is 0.471. The van der Waals surface area contributed by atoms with E-state index in [1.807, 2.05) is 11.6 Å². The van der Waals surface area contributed by atoms with Gasteiger partial charge in [-0.1, -0.05) is 56.8 Å². The lowest BCUT2D eigenvalue weighted by atomic mass is 9.87. The minimum Gasteiger partial charge on any atom is -0.468 e. The molecule has 1 aromatic heterocycles. The van der Waals surface area contributed by atoms with Crippen molar-refractivity contribution in [2.45, 2.75) is 43.5 Å². The van der Waals surface area contributed by atoms with E-state index in [4.69, 9.17) is 4.74 Å². The second-order valence-corrected chi connectivity index (χ2v) is 7.78. The molecule has 0 spiro atoms. The molecule has 1 heterocycles. The summed E-state index contributed by atoms with van der Waals surface area (Å²) in [5, 5.41) is 8.82. The first-order valence-corrected chi connectivity index (χ1v) is 8.37. The van der Waals surface area contributed by atoms with Crippen LogP contribution in [0.25, 0.3) is 11.4 Å². The molecule has 5 nitrogen and oxygen atoms in total. The number of aromatic nitrogens is 3. The number of hydrogen-bond acceptors (Lipinski definition) is 5. The zero-order valence-electron chi connectivity index (χ0n) is 14.5. The molecule has 0 radical (unpaired) electrons. The van der Waals surface area contributed by atoms with Crippen molar-refractivity contribution in [1.29, 1.82) is 0 Å². The van der Waals surface area contributed by atoms with E-state index in [-0.39, 0.29) is 16.6 Å². The highest BCUT2D eigenvalue weighted by Gasteiger charge is 2.20. The highest BCUT2D eigenvalue weighted by molar-refractivity contribution is 8.00. The number of esters is 1. The molecule has 1 aromatic carbocycles. The van der Waals surface area contributed by atoms with Crippen LogP contribution in [-0.4, -0.2) is 33.1 Å². The summed E-state index contributed by atoms with van der Waals surface area (Å²) in [6.45, 7) is 8.36. The van der Waals surface area contributed by atoms with E-state index in [9.17, 15) is 4.79 Å². The lowest BCUT2D eigenvalue weighted by Crippen LogP contribution is -2.15. The van der Waals surface area contributed by atoms with Crippen LogP contribution >= 0.6 is 11.8 Å². The van der Waals surface area contributed by atoms with Crippen LogP contribution in [0.4, 0.5) is 0 Å². The Bertz CT molecular complexity index is 687. The van der Waals surface area contributed by atoms with Gasteiger partial charge in [0.15, 0.2) is 11.0 Å². The summed E-state index contributed by atoms with van der Waals surface area (Å²) in [5.41, 5.74) is 2.40. The van der Waals surface area contributed by atoms with Crippen LogP contribution in [-0.2, 0) is 22.0 Å². The lowest BCUT2D eigenvalue weighted by Gasteiger charge is -2.19. The first kappa shape index (κ1) is 17.5. The molecule has 0 fully saturated rings. The number of hydrogen-bond donors (Lipinski definition) is 0. The highest BCUT2D eigenvalue weighted by Crippen LogP contribution is 2.28. The Hall–Kier alpha value is -1.82. The van der Waals surface area contributed by atoms with Crippen molar-refractivity contribution in [1.82, 2.24) is 14.8 Å². The van der Waals surface area contributed by atoms with Gasteiger partial charge in [0.1, 0.15) is 5.25 Å². The van der Waals surface area contributed by atoms with Crippen LogP contribution in [0.1, 0.15) is 33.3 Å². The zero-order chi connectivity index (χ0) is 17.2. The van der Waals surface area contributed by atoms with E-state index in [0.29, 0.717) is 5.16 Å². The van der Waals surface area contributed by atoms with Gasteiger partial charge >= 0.3 is 5.97 Å². The zero-order valence-corrected chi connectivity index (χ0v) is 15.3. The summed E-state index contributed by atoms with van der Waals surface area (Å²) in [7, 11) is 3.29. The first-order chi connectivity index (χ1) is 10.7. The predicted molar refractivity (Wildman–Crippen MR) is 92.5 cm³/mol. The van der Waals surface area contributed by atoms with E-state index in [1.165, 1.54) is 24.4 Å². The lowest BCUT2D eigenvalue weighted by molar-refractivity contribution is -0.139. The van der Waals surface area contributed by atoms with E-state index in [2.05, 4.69) is 55.2 Å². The van der Waals surface area contributed by atoms with Gasteiger partial charge in [-0.05, 0) is 17.9 Å². The second-order valence-electron chi connectivity index (χ2n) is 6.48. The molecule has 0 amide bonds. The molecular formula is C17H23N3O2S. The van der Waals surface area contributed by atoms with Gasteiger partial charge in [0.25, 0.3) is 0 Å². The number of benzene rings is 1. The molecule has 1 atom stereocenters. The Morgan fingerprint density at radius 3 is 2.35 bits per heavy atom. The molecule has 0 unspecified atom stereocenters. The first-order valence-electron chi connectivity index (χ1n) is 7.49. The van der Waals surface area contributed by atoms with Crippen molar-refractivity contribution in [3.8, 4) is 11.4 Å². The van der Waals surface area contributed by atoms with Crippen LogP contribution in [0, 0.1) is 0 Å². The minimum atomic E-state index is -0.320. The highest BCUT2D eigenvalue weighted by atomic mass is 32.2. The number of thioether (sulfide) groups is 1. The van der Waals surface area contributed by atoms with Gasteiger partial charge in [0.2, 0.25) is 0 Å². The van der Waals surface area contributed by atoms with Crippen LogP contribution in [0.5, 0.6) is 0 Å². The fourth-order valence-corrected chi connectivity index (χ4v) is 3.00. The van der Waals surface area contributed by atoms with Crippen LogP contribution in [0.2, 0.25) is 0 Å². The summed E-state index contributed by atoms with van der Waals surface area (Å²) in [6.07, 6.45) is 0. The molecule has 2 aromatic rings. The Kier molecular flexibility index (Phi) is 5.14. The van der Waals surface area contributed by atoms with Crippen LogP contribution < -0.4 is 0 Å². The Morgan fingerprint density at radius 2 is 1.83 bits per heavy atom. The van der Waals surface area contributed by atoms with Gasteiger partial charge in [-0.25, -0.2) is 0 Å². The number of rotatable bonds is 4. The topological polar surface area (TPSA) is 57.0 Å². The average molecular weight is 333 g/mol. The summed E-state index contributed by atoms with van der Waals surface area (Å²) >= 11 is 1.34. The number of nitrogens with zero attached hydrogens (tertiary/aromatic N) is 3. The molecule has 0 saturated heterocycles. The van der Waals surface area contributed by atoms with Crippen molar-refractivity contribution in [2.75, 3.05) is 7.11 Å². The fourth-order valence-electron chi connectivity index (χ4n) is 2.16. The second kappa shape index (κ2) is 6.74. The quantitative estimate of drug-likeness (QED) is 0.634. The molecule has 0 saturated carbocycles. The van der Waals surface area contributed by atoms with Crippen molar-refractivity contribution in [3.63, 3.8) is 0 Å². The van der Waals surface area contributed by atoms with Crippen molar-refractivity contribution in [2.24, 2.45) is 7.05 Å². The molecule has 0 aliphatic heterocycles. The molecule has 0 aliphatic carbocycles. The Morgan fingerprint density at radius 1 is 1.22 bits per heavy atom. The third-order valence-corrected chi connectivity index (χ3v) is 4.77. The molecule has 6 heteroatoms. The van der Waals surface area contributed by atoms with E-state index >= 15 is 0 Å². The van der Waals surface area contributed by atoms with Crippen molar-refractivity contribution in [3.05, 3.63) is 29.8 Å². The standard InChI is InChI=1S/C17H23N3O2S/c1-11(15(21)22-6)23-16-19-18-14(20(16)5)12-7-9-13(10-8-12)17(2,3)4/h7-11H,1-6H3/t11-/m0/s1. The molecular weight excluding hydrogens is 310 g/mol. The number of methoxy groups -OCH3 is 1. The Balaban J connectivity index is 2.24. The predicted octanol–water partition coefficient (Wildman–Crippen LogP) is 3.43. The van der Waals surface area contributed by atoms with Crippen molar-refractivity contribution >= 4 is 17.7 Å². The maximum atomic E-state index is 11.5. The summed E-state index contributed by atoms with van der Waals surface area (Å²) < 4.78 is 6.64. The summed E-state index contributed by atoms with van der Waals surface area (Å²) in [6, 6.07) is 8.35. The number of carbonyl (C=O) groups is 1. The van der Waals surface area contributed by atoms with Crippen LogP contribution in [0.15, 0.2) is 29.4 Å². The van der Waals surface area contributed by atoms with Gasteiger partial charge in [-0.2, -0.15) is 0 Å². The monoisotopic (exact) mass is 333 g/mol. The molecule has 23 heavy (non-hydrogen) atoms. The third-order valence-electron chi connectivity index (χ3n) is 3.66. The van der Waals surface area contributed by atoms with Crippen LogP contribution in [0.3, 0.4) is 0 Å².